The van der Waals surface area contributed by atoms with Crippen LogP contribution in [0.25, 0.3) is 0 Å². The summed E-state index contributed by atoms with van der Waals surface area (Å²) in [6.45, 7) is 8.84. The summed E-state index contributed by atoms with van der Waals surface area (Å²) in [4.78, 5) is 11.3. The summed E-state index contributed by atoms with van der Waals surface area (Å²) in [5.41, 5.74) is 1.09. The zero-order valence-corrected chi connectivity index (χ0v) is 12.6. The Balaban J connectivity index is 0.00000128. The number of hydrogen-bond donors (Lipinski definition) is 0. The monoisotopic (exact) mass is 271 g/mol. The molecule has 1 radical (unpaired) electrons. The van der Waals surface area contributed by atoms with Crippen LogP contribution in [0.2, 0.25) is 0 Å². The first-order valence-corrected chi connectivity index (χ1v) is 5.73. The minimum Gasteiger partial charge on any atom is -0.358 e. The van der Waals surface area contributed by atoms with E-state index in [0.29, 0.717) is 5.92 Å². The number of aromatic nitrogens is 2. The third kappa shape index (κ3) is 4.00. The molecule has 1 aliphatic heterocycles. The van der Waals surface area contributed by atoms with Gasteiger partial charge in [-0.2, -0.15) is 0 Å². The van der Waals surface area contributed by atoms with E-state index in [4.69, 9.17) is 0 Å². The molecule has 2 heterocycles. The molecular weight excluding hydrogens is 249 g/mol. The summed E-state index contributed by atoms with van der Waals surface area (Å²) >= 11 is 0. The molecule has 4 heteroatoms. The fourth-order valence-electron chi connectivity index (χ4n) is 1.94. The molecule has 0 amide bonds. The van der Waals surface area contributed by atoms with Gasteiger partial charge in [0.1, 0.15) is 5.82 Å². The van der Waals surface area contributed by atoms with E-state index in [1.54, 1.807) is 0 Å². The van der Waals surface area contributed by atoms with Gasteiger partial charge in [-0.25, -0.2) is 4.98 Å². The molecule has 1 saturated heterocycles. The molecule has 0 spiro atoms. The predicted octanol–water partition coefficient (Wildman–Crippen LogP) is 2.89. The number of anilines is 1. The summed E-state index contributed by atoms with van der Waals surface area (Å²) < 4.78 is 0. The summed E-state index contributed by atoms with van der Waals surface area (Å²) in [6.07, 6.45) is 5.02. The molecule has 0 bridgehead atoms. The first-order chi connectivity index (χ1) is 7.16. The summed E-state index contributed by atoms with van der Waals surface area (Å²) in [5, 5.41) is 0. The molecule has 0 aliphatic carbocycles. The average molecular weight is 271 g/mol. The Kier molecular flexibility index (Phi) is 6.80. The molecule has 1 aliphatic rings. The van der Waals surface area contributed by atoms with Crippen molar-refractivity contribution in [1.82, 2.24) is 9.97 Å². The molecule has 2 rings (SSSR count). The van der Waals surface area contributed by atoms with Gasteiger partial charge in [-0.1, -0.05) is 20.8 Å². The van der Waals surface area contributed by atoms with E-state index in [1.165, 1.54) is 6.42 Å². The van der Waals surface area contributed by atoms with Crippen LogP contribution >= 0.6 is 0 Å². The first kappa shape index (κ1) is 16.5. The van der Waals surface area contributed by atoms with Crippen LogP contribution in [0.3, 0.4) is 0 Å². The van der Waals surface area contributed by atoms with Gasteiger partial charge in [0.15, 0.2) is 0 Å². The molecule has 0 saturated carbocycles. The molecule has 3 nitrogen and oxygen atoms in total. The van der Waals surface area contributed by atoms with Gasteiger partial charge < -0.3 is 12.3 Å². The fourth-order valence-corrected chi connectivity index (χ4v) is 1.94. The van der Waals surface area contributed by atoms with Crippen molar-refractivity contribution in [3.05, 3.63) is 25.5 Å². The summed E-state index contributed by atoms with van der Waals surface area (Å²) in [5.74, 6) is 2.29. The molecule has 1 aromatic rings. The van der Waals surface area contributed by atoms with E-state index in [0.717, 1.165) is 30.5 Å². The third-order valence-corrected chi connectivity index (χ3v) is 2.98. The van der Waals surface area contributed by atoms with Crippen molar-refractivity contribution < 1.29 is 18.6 Å². The molecule has 0 aromatic carbocycles. The number of rotatable bonds is 2. The predicted molar refractivity (Wildman–Crippen MR) is 68.5 cm³/mol. The van der Waals surface area contributed by atoms with Crippen molar-refractivity contribution in [2.45, 2.75) is 33.1 Å². The normalized spacial score (nSPS) is 18.8. The Bertz CT molecular complexity index is 341. The Labute approximate surface area is 117 Å². The van der Waals surface area contributed by atoms with Crippen LogP contribution in [0.5, 0.6) is 0 Å². The van der Waals surface area contributed by atoms with E-state index >= 15 is 0 Å². The summed E-state index contributed by atoms with van der Waals surface area (Å²) in [7, 11) is 0. The van der Waals surface area contributed by atoms with Crippen LogP contribution in [0, 0.1) is 13.3 Å². The quantitative estimate of drug-likeness (QED) is 0.774. The van der Waals surface area contributed by atoms with Crippen molar-refractivity contribution in [2.24, 2.45) is 5.92 Å². The zero-order chi connectivity index (χ0) is 10.8. The van der Waals surface area contributed by atoms with Gasteiger partial charge in [0.05, 0.1) is 11.9 Å². The fraction of sp³-hybridized carbons (Fsp3) is 0.615. The maximum absolute atomic E-state index is 4.65. The SMILES string of the molecule is CC1CCN(c2cncc(C(C)C)n2)C1.[CH3-].[V]. The smallest absolute Gasteiger partial charge is 0.147 e. The van der Waals surface area contributed by atoms with E-state index in [-0.39, 0.29) is 26.0 Å². The Hall–Kier alpha value is -0.536. The molecule has 17 heavy (non-hydrogen) atoms. The van der Waals surface area contributed by atoms with Crippen LogP contribution in [0.15, 0.2) is 12.4 Å². The van der Waals surface area contributed by atoms with Gasteiger partial charge in [0.2, 0.25) is 0 Å². The van der Waals surface area contributed by atoms with Gasteiger partial charge in [-0.15, -0.1) is 0 Å². The summed E-state index contributed by atoms with van der Waals surface area (Å²) in [6, 6.07) is 0. The van der Waals surface area contributed by atoms with E-state index in [1.807, 2.05) is 12.4 Å². The Morgan fingerprint density at radius 2 is 2.06 bits per heavy atom. The van der Waals surface area contributed by atoms with E-state index < -0.39 is 0 Å². The first-order valence-electron chi connectivity index (χ1n) is 5.73. The van der Waals surface area contributed by atoms with Gasteiger partial charge in [-0.3, -0.25) is 4.98 Å². The minimum absolute atomic E-state index is 0. The Morgan fingerprint density at radius 1 is 1.35 bits per heavy atom. The van der Waals surface area contributed by atoms with Crippen molar-refractivity contribution in [2.75, 3.05) is 18.0 Å². The molecule has 1 unspecified atom stereocenters. The molecule has 95 valence electrons. The second-order valence-corrected chi connectivity index (χ2v) is 4.80. The molecular formula is C13H22N3V-. The maximum Gasteiger partial charge on any atom is 0.147 e. The number of nitrogens with zero attached hydrogens (tertiary/aromatic N) is 3. The van der Waals surface area contributed by atoms with Crippen LogP contribution in [0.1, 0.15) is 38.8 Å². The van der Waals surface area contributed by atoms with Crippen molar-refractivity contribution in [1.29, 1.82) is 0 Å². The second kappa shape index (κ2) is 7.02. The van der Waals surface area contributed by atoms with Gasteiger partial charge in [0, 0.05) is 37.8 Å². The van der Waals surface area contributed by atoms with Crippen LogP contribution in [-0.4, -0.2) is 23.1 Å². The topological polar surface area (TPSA) is 29.0 Å². The van der Waals surface area contributed by atoms with Crippen molar-refractivity contribution in [3.8, 4) is 0 Å². The number of hydrogen-bond acceptors (Lipinski definition) is 3. The minimum atomic E-state index is 0. The second-order valence-electron chi connectivity index (χ2n) is 4.80. The van der Waals surface area contributed by atoms with Crippen LogP contribution in [0.4, 0.5) is 5.82 Å². The largest absolute Gasteiger partial charge is 0.358 e. The van der Waals surface area contributed by atoms with Gasteiger partial charge in [-0.05, 0) is 18.3 Å². The van der Waals surface area contributed by atoms with Crippen molar-refractivity contribution in [3.63, 3.8) is 0 Å². The van der Waals surface area contributed by atoms with Crippen LogP contribution in [-0.2, 0) is 18.6 Å². The van der Waals surface area contributed by atoms with Gasteiger partial charge >= 0.3 is 0 Å². The average Bonchev–Trinajstić information content (AvgIpc) is 2.65. The Morgan fingerprint density at radius 3 is 2.59 bits per heavy atom. The third-order valence-electron chi connectivity index (χ3n) is 2.98. The van der Waals surface area contributed by atoms with E-state index in [9.17, 15) is 0 Å². The van der Waals surface area contributed by atoms with Gasteiger partial charge in [0.25, 0.3) is 0 Å². The zero-order valence-electron chi connectivity index (χ0n) is 11.2. The molecule has 1 fully saturated rings. The maximum atomic E-state index is 4.65. The van der Waals surface area contributed by atoms with E-state index in [2.05, 4.69) is 35.6 Å². The molecule has 1 atom stereocenters. The standard InChI is InChI=1S/C12H19N3.CH3.V/c1-9(2)11-6-13-7-12(14-11)15-5-4-10(3)8-15;;/h6-7,9-10H,4-5,8H2,1-3H3;1H3;/q;-1;. The molecule has 0 N–H and O–H groups in total. The van der Waals surface area contributed by atoms with Crippen LogP contribution < -0.4 is 4.90 Å². The molecule has 1 aromatic heterocycles. The van der Waals surface area contributed by atoms with Crippen molar-refractivity contribution >= 4 is 5.82 Å².